The number of nitrogens with one attached hydrogen (secondary N) is 1. The molecule has 0 spiro atoms. The molecule has 1 heterocycles. The van der Waals surface area contributed by atoms with Crippen LogP contribution in [-0.2, 0) is 9.59 Å². The number of rotatable bonds is 4. The van der Waals surface area contributed by atoms with E-state index in [1.165, 1.54) is 0 Å². The molecule has 0 saturated carbocycles. The predicted molar refractivity (Wildman–Crippen MR) is 79.4 cm³/mol. The normalized spacial score (nSPS) is 14.2. The first-order valence-corrected chi connectivity index (χ1v) is 6.99. The Kier molecular flexibility index (Phi) is 4.63. The third-order valence-corrected chi connectivity index (χ3v) is 3.52. The third-order valence-electron chi connectivity index (χ3n) is 2.77. The van der Waals surface area contributed by atoms with Crippen LogP contribution in [-0.4, -0.2) is 35.0 Å². The summed E-state index contributed by atoms with van der Waals surface area (Å²) in [5.41, 5.74) is 0.492. The highest BCUT2D eigenvalue weighted by molar-refractivity contribution is 9.10. The van der Waals surface area contributed by atoms with E-state index < -0.39 is 11.8 Å². The average molecular weight is 371 g/mol. The summed E-state index contributed by atoms with van der Waals surface area (Å²) in [5, 5.41) is 20.9. The number of amides is 2. The van der Waals surface area contributed by atoms with Crippen LogP contribution in [0, 0.1) is 11.3 Å². The Labute approximate surface area is 133 Å². The number of anilines is 1. The van der Waals surface area contributed by atoms with Crippen molar-refractivity contribution in [3.05, 3.63) is 39.0 Å². The standard InChI is InChI=1S/C13H9BrClN3O3/c14-8-3-7(6-16)12(9(15)4-8)17-10-5-11(20)18(1-2-19)13(10)21/h3-5,17,19H,1-2H2. The van der Waals surface area contributed by atoms with E-state index in [1.54, 1.807) is 12.1 Å². The fourth-order valence-electron chi connectivity index (χ4n) is 1.83. The SMILES string of the molecule is N#Cc1cc(Br)cc(Cl)c1NC1=CC(=O)N(CCO)C1=O. The van der Waals surface area contributed by atoms with Gasteiger partial charge in [-0.1, -0.05) is 27.5 Å². The summed E-state index contributed by atoms with van der Waals surface area (Å²) >= 11 is 9.27. The number of carbonyl (C=O) groups excluding carboxylic acids is 2. The second kappa shape index (κ2) is 6.26. The van der Waals surface area contributed by atoms with Crippen LogP contribution in [0.25, 0.3) is 0 Å². The second-order valence-electron chi connectivity index (χ2n) is 4.12. The lowest BCUT2D eigenvalue weighted by atomic mass is 10.2. The van der Waals surface area contributed by atoms with Gasteiger partial charge in [0.1, 0.15) is 11.8 Å². The molecule has 0 aliphatic carbocycles. The van der Waals surface area contributed by atoms with Crippen LogP contribution in [0.3, 0.4) is 0 Å². The lowest BCUT2D eigenvalue weighted by Crippen LogP contribution is -2.34. The summed E-state index contributed by atoms with van der Waals surface area (Å²) < 4.78 is 0.624. The fourth-order valence-corrected chi connectivity index (χ4v) is 2.69. The number of aliphatic hydroxyl groups excluding tert-OH is 1. The van der Waals surface area contributed by atoms with Crippen molar-refractivity contribution < 1.29 is 14.7 Å². The molecule has 0 atom stereocenters. The van der Waals surface area contributed by atoms with Gasteiger partial charge >= 0.3 is 0 Å². The lowest BCUT2D eigenvalue weighted by Gasteiger charge is -2.14. The van der Waals surface area contributed by atoms with Gasteiger partial charge in [0, 0.05) is 10.5 Å². The molecule has 8 heteroatoms. The van der Waals surface area contributed by atoms with Crippen molar-refractivity contribution in [1.29, 1.82) is 5.26 Å². The van der Waals surface area contributed by atoms with Gasteiger partial charge in [0.15, 0.2) is 0 Å². The fraction of sp³-hybridized carbons (Fsp3) is 0.154. The number of aliphatic hydroxyl groups is 1. The Morgan fingerprint density at radius 3 is 2.76 bits per heavy atom. The Hall–Kier alpha value is -1.88. The van der Waals surface area contributed by atoms with E-state index in [4.69, 9.17) is 22.0 Å². The van der Waals surface area contributed by atoms with Gasteiger partial charge in [-0.05, 0) is 12.1 Å². The van der Waals surface area contributed by atoms with Crippen molar-refractivity contribution >= 4 is 45.0 Å². The van der Waals surface area contributed by atoms with Gasteiger partial charge in [0.2, 0.25) is 0 Å². The molecule has 2 rings (SSSR count). The highest BCUT2D eigenvalue weighted by atomic mass is 79.9. The zero-order chi connectivity index (χ0) is 15.6. The largest absolute Gasteiger partial charge is 0.395 e. The highest BCUT2D eigenvalue weighted by Crippen LogP contribution is 2.31. The molecular formula is C13H9BrClN3O3. The number of nitriles is 1. The van der Waals surface area contributed by atoms with E-state index in [-0.39, 0.29) is 35.1 Å². The van der Waals surface area contributed by atoms with Gasteiger partial charge < -0.3 is 10.4 Å². The highest BCUT2D eigenvalue weighted by Gasteiger charge is 2.31. The van der Waals surface area contributed by atoms with Gasteiger partial charge in [0.25, 0.3) is 11.8 Å². The van der Waals surface area contributed by atoms with E-state index >= 15 is 0 Å². The van der Waals surface area contributed by atoms with E-state index in [9.17, 15) is 9.59 Å². The summed E-state index contributed by atoms with van der Waals surface area (Å²) in [4.78, 5) is 24.6. The molecule has 2 N–H and O–H groups in total. The molecule has 21 heavy (non-hydrogen) atoms. The Balaban J connectivity index is 2.32. The van der Waals surface area contributed by atoms with Crippen molar-refractivity contribution in [3.8, 4) is 6.07 Å². The Bertz CT molecular complexity index is 697. The number of hydrogen-bond donors (Lipinski definition) is 2. The first-order valence-electron chi connectivity index (χ1n) is 5.82. The summed E-state index contributed by atoms with van der Waals surface area (Å²) in [6.07, 6.45) is 1.11. The molecule has 108 valence electrons. The minimum Gasteiger partial charge on any atom is -0.395 e. The molecule has 0 radical (unpaired) electrons. The zero-order valence-corrected chi connectivity index (χ0v) is 12.9. The van der Waals surface area contributed by atoms with Crippen molar-refractivity contribution in [1.82, 2.24) is 4.90 Å². The summed E-state index contributed by atoms with van der Waals surface area (Å²) in [5.74, 6) is -1.10. The topological polar surface area (TPSA) is 93.4 Å². The molecule has 1 aromatic carbocycles. The number of carbonyl (C=O) groups is 2. The molecule has 2 amide bonds. The quantitative estimate of drug-likeness (QED) is 0.786. The van der Waals surface area contributed by atoms with Crippen LogP contribution >= 0.6 is 27.5 Å². The van der Waals surface area contributed by atoms with E-state index in [2.05, 4.69) is 21.2 Å². The number of imide groups is 1. The Morgan fingerprint density at radius 2 is 2.14 bits per heavy atom. The van der Waals surface area contributed by atoms with Gasteiger partial charge in [-0.3, -0.25) is 14.5 Å². The number of β-amino-alcohol motifs (C(OH)–C–C–N with tert-alkyl or cyclic N) is 1. The summed E-state index contributed by atoms with van der Waals surface area (Å²) in [6.45, 7) is -0.403. The molecule has 0 unspecified atom stereocenters. The number of halogens is 2. The van der Waals surface area contributed by atoms with E-state index in [0.29, 0.717) is 4.47 Å². The van der Waals surface area contributed by atoms with Crippen LogP contribution in [0.2, 0.25) is 5.02 Å². The first-order chi connectivity index (χ1) is 9.97. The molecule has 0 aromatic heterocycles. The minimum absolute atomic E-state index is 0.00849. The van der Waals surface area contributed by atoms with Crippen molar-refractivity contribution in [2.24, 2.45) is 0 Å². The minimum atomic E-state index is -0.572. The maximum Gasteiger partial charge on any atom is 0.277 e. The van der Waals surface area contributed by atoms with Crippen molar-refractivity contribution in [2.75, 3.05) is 18.5 Å². The molecule has 1 aromatic rings. The smallest absolute Gasteiger partial charge is 0.277 e. The van der Waals surface area contributed by atoms with Crippen molar-refractivity contribution in [2.45, 2.75) is 0 Å². The van der Waals surface area contributed by atoms with E-state index in [1.807, 2.05) is 6.07 Å². The van der Waals surface area contributed by atoms with Crippen LogP contribution in [0.15, 0.2) is 28.4 Å². The number of benzene rings is 1. The van der Waals surface area contributed by atoms with Gasteiger partial charge in [-0.25, -0.2) is 0 Å². The Morgan fingerprint density at radius 1 is 1.43 bits per heavy atom. The second-order valence-corrected chi connectivity index (χ2v) is 5.45. The van der Waals surface area contributed by atoms with Gasteiger partial charge in [0.05, 0.1) is 29.4 Å². The molecule has 0 fully saturated rings. The van der Waals surface area contributed by atoms with Gasteiger partial charge in [-0.15, -0.1) is 0 Å². The van der Waals surface area contributed by atoms with Gasteiger partial charge in [-0.2, -0.15) is 5.26 Å². The molecule has 1 aliphatic heterocycles. The van der Waals surface area contributed by atoms with Crippen molar-refractivity contribution in [3.63, 3.8) is 0 Å². The first kappa shape index (κ1) is 15.5. The van der Waals surface area contributed by atoms with Crippen LogP contribution in [0.5, 0.6) is 0 Å². The zero-order valence-electron chi connectivity index (χ0n) is 10.6. The van der Waals surface area contributed by atoms with Crippen LogP contribution in [0.4, 0.5) is 5.69 Å². The van der Waals surface area contributed by atoms with Crippen LogP contribution in [0.1, 0.15) is 5.56 Å². The van der Waals surface area contributed by atoms with Crippen LogP contribution < -0.4 is 5.32 Å². The predicted octanol–water partition coefficient (Wildman–Crippen LogP) is 1.63. The summed E-state index contributed by atoms with van der Waals surface area (Å²) in [6, 6.07) is 5.07. The molecular weight excluding hydrogens is 362 g/mol. The molecule has 0 bridgehead atoms. The monoisotopic (exact) mass is 369 g/mol. The molecule has 6 nitrogen and oxygen atoms in total. The summed E-state index contributed by atoms with van der Waals surface area (Å²) in [7, 11) is 0. The number of nitrogens with zero attached hydrogens (tertiary/aromatic N) is 2. The maximum atomic E-state index is 12.0. The molecule has 1 aliphatic rings. The third kappa shape index (κ3) is 3.08. The number of hydrogen-bond acceptors (Lipinski definition) is 5. The maximum absolute atomic E-state index is 12.0. The lowest BCUT2D eigenvalue weighted by molar-refractivity contribution is -0.137. The van der Waals surface area contributed by atoms with E-state index in [0.717, 1.165) is 11.0 Å². The molecule has 0 saturated heterocycles. The average Bonchev–Trinajstić information content (AvgIpc) is 2.69.